The van der Waals surface area contributed by atoms with E-state index in [9.17, 15) is 4.79 Å². The van der Waals surface area contributed by atoms with Crippen LogP contribution in [0.3, 0.4) is 0 Å². The van der Waals surface area contributed by atoms with Crippen LogP contribution in [0.4, 0.5) is 0 Å². The number of nitrogens with zero attached hydrogens (tertiary/aromatic N) is 1. The molecule has 0 spiro atoms. The smallest absolute Gasteiger partial charge is 0.262 e. The zero-order chi connectivity index (χ0) is 13.8. The van der Waals surface area contributed by atoms with E-state index >= 15 is 0 Å². The van der Waals surface area contributed by atoms with E-state index in [1.807, 2.05) is 18.2 Å². The second-order valence-corrected chi connectivity index (χ2v) is 5.94. The molecule has 0 saturated heterocycles. The molecule has 5 heteroatoms. The Morgan fingerprint density at radius 2 is 2.11 bits per heavy atom. The number of rotatable bonds is 5. The predicted octanol–water partition coefficient (Wildman–Crippen LogP) is 4.40. The van der Waals surface area contributed by atoms with Crippen LogP contribution in [0, 0.1) is 4.77 Å². The highest BCUT2D eigenvalue weighted by Crippen LogP contribution is 2.15. The fourth-order valence-electron chi connectivity index (χ4n) is 2.12. The van der Waals surface area contributed by atoms with Gasteiger partial charge in [-0.1, -0.05) is 42.1 Å². The molecule has 2 rings (SSSR count). The van der Waals surface area contributed by atoms with Gasteiger partial charge in [-0.25, -0.2) is 0 Å². The van der Waals surface area contributed by atoms with E-state index < -0.39 is 0 Å². The maximum Gasteiger partial charge on any atom is 0.262 e. The van der Waals surface area contributed by atoms with Crippen LogP contribution in [0.1, 0.15) is 32.6 Å². The van der Waals surface area contributed by atoms with Crippen molar-refractivity contribution < 1.29 is 0 Å². The Hall–Kier alpha value is -0.940. The van der Waals surface area contributed by atoms with Crippen molar-refractivity contribution in [2.75, 3.05) is 0 Å². The minimum Gasteiger partial charge on any atom is -0.332 e. The van der Waals surface area contributed by atoms with Crippen molar-refractivity contribution in [1.29, 1.82) is 0 Å². The first-order chi connectivity index (χ1) is 9.13. The lowest BCUT2D eigenvalue weighted by Crippen LogP contribution is -2.22. The lowest BCUT2D eigenvalue weighted by atomic mass is 10.2. The molecule has 0 atom stereocenters. The summed E-state index contributed by atoms with van der Waals surface area (Å²) in [6.07, 6.45) is 4.51. The largest absolute Gasteiger partial charge is 0.332 e. The molecular weight excluding hydrogens is 324 g/mol. The molecule has 0 unspecified atom stereocenters. The highest BCUT2D eigenvalue weighted by molar-refractivity contribution is 9.10. The number of benzene rings is 1. The molecule has 0 aliphatic carbocycles. The second kappa shape index (κ2) is 6.48. The molecule has 1 aromatic heterocycles. The molecule has 1 N–H and O–H groups in total. The van der Waals surface area contributed by atoms with E-state index in [2.05, 4.69) is 27.8 Å². The van der Waals surface area contributed by atoms with Crippen LogP contribution in [0.15, 0.2) is 27.5 Å². The maximum atomic E-state index is 12.4. The van der Waals surface area contributed by atoms with Gasteiger partial charge < -0.3 is 4.98 Å². The minimum absolute atomic E-state index is 0.00320. The number of halogens is 1. The van der Waals surface area contributed by atoms with Gasteiger partial charge in [0.25, 0.3) is 5.56 Å². The van der Waals surface area contributed by atoms with Crippen LogP contribution >= 0.6 is 28.1 Å². The standard InChI is InChI=1S/C14H17BrN2OS/c1-2-3-4-5-8-17-13(18)11-9-10(15)6-7-12(11)16-14(17)19/h6-7,9H,2-5,8H2,1H3,(H,16,19). The van der Waals surface area contributed by atoms with Gasteiger partial charge in [0.15, 0.2) is 4.77 Å². The van der Waals surface area contributed by atoms with Crippen molar-refractivity contribution in [1.82, 2.24) is 9.55 Å². The molecule has 0 radical (unpaired) electrons. The molecule has 0 fully saturated rings. The number of hydrogen-bond donors (Lipinski definition) is 1. The van der Waals surface area contributed by atoms with Gasteiger partial charge in [0.1, 0.15) is 0 Å². The lowest BCUT2D eigenvalue weighted by Gasteiger charge is -2.08. The van der Waals surface area contributed by atoms with Crippen LogP contribution in [0.2, 0.25) is 0 Å². The number of nitrogens with one attached hydrogen (secondary N) is 1. The van der Waals surface area contributed by atoms with Gasteiger partial charge in [0.2, 0.25) is 0 Å². The van der Waals surface area contributed by atoms with E-state index in [0.29, 0.717) is 16.7 Å². The first-order valence-electron chi connectivity index (χ1n) is 6.56. The molecular formula is C14H17BrN2OS. The Balaban J connectivity index is 2.38. The summed E-state index contributed by atoms with van der Waals surface area (Å²) >= 11 is 8.67. The predicted molar refractivity (Wildman–Crippen MR) is 85.2 cm³/mol. The number of unbranched alkanes of at least 4 members (excludes halogenated alkanes) is 3. The van der Waals surface area contributed by atoms with E-state index in [1.165, 1.54) is 12.8 Å². The van der Waals surface area contributed by atoms with Crippen molar-refractivity contribution in [3.8, 4) is 0 Å². The van der Waals surface area contributed by atoms with E-state index in [-0.39, 0.29) is 5.56 Å². The van der Waals surface area contributed by atoms with Gasteiger partial charge in [0, 0.05) is 11.0 Å². The Morgan fingerprint density at radius 1 is 1.32 bits per heavy atom. The van der Waals surface area contributed by atoms with Crippen molar-refractivity contribution in [3.05, 3.63) is 37.8 Å². The van der Waals surface area contributed by atoms with Crippen molar-refractivity contribution >= 4 is 39.1 Å². The monoisotopic (exact) mass is 340 g/mol. The molecule has 0 bridgehead atoms. The molecule has 0 saturated carbocycles. The molecule has 1 aromatic carbocycles. The van der Waals surface area contributed by atoms with E-state index in [0.717, 1.165) is 22.8 Å². The van der Waals surface area contributed by atoms with Crippen LogP contribution in [-0.4, -0.2) is 9.55 Å². The number of hydrogen-bond acceptors (Lipinski definition) is 2. The Labute approximate surface area is 125 Å². The molecule has 102 valence electrons. The number of aromatic nitrogens is 2. The fourth-order valence-corrected chi connectivity index (χ4v) is 2.77. The van der Waals surface area contributed by atoms with Crippen molar-refractivity contribution in [3.63, 3.8) is 0 Å². The van der Waals surface area contributed by atoms with Crippen LogP contribution in [-0.2, 0) is 6.54 Å². The average Bonchev–Trinajstić information content (AvgIpc) is 2.39. The van der Waals surface area contributed by atoms with Gasteiger partial charge in [-0.05, 0) is 36.8 Å². The van der Waals surface area contributed by atoms with Gasteiger partial charge in [-0.3, -0.25) is 9.36 Å². The normalized spacial score (nSPS) is 11.1. The fraction of sp³-hybridized carbons (Fsp3) is 0.429. The van der Waals surface area contributed by atoms with Gasteiger partial charge in [-0.2, -0.15) is 0 Å². The Kier molecular flexibility index (Phi) is 4.93. The highest BCUT2D eigenvalue weighted by atomic mass is 79.9. The average molecular weight is 341 g/mol. The van der Waals surface area contributed by atoms with Crippen molar-refractivity contribution in [2.45, 2.75) is 39.2 Å². The van der Waals surface area contributed by atoms with Crippen LogP contribution in [0.25, 0.3) is 10.9 Å². The summed E-state index contributed by atoms with van der Waals surface area (Å²) in [5.41, 5.74) is 0.791. The van der Waals surface area contributed by atoms with Gasteiger partial charge >= 0.3 is 0 Å². The summed E-state index contributed by atoms with van der Waals surface area (Å²) in [7, 11) is 0. The molecule has 0 aliphatic rings. The SMILES string of the molecule is CCCCCCn1c(=S)[nH]c2ccc(Br)cc2c1=O. The third-order valence-electron chi connectivity index (χ3n) is 3.18. The van der Waals surface area contributed by atoms with Crippen molar-refractivity contribution in [2.24, 2.45) is 0 Å². The van der Waals surface area contributed by atoms with Crippen LogP contribution in [0.5, 0.6) is 0 Å². The first kappa shape index (κ1) is 14.5. The first-order valence-corrected chi connectivity index (χ1v) is 7.76. The Morgan fingerprint density at radius 3 is 2.84 bits per heavy atom. The third-order valence-corrected chi connectivity index (χ3v) is 3.99. The van der Waals surface area contributed by atoms with Gasteiger partial charge in [-0.15, -0.1) is 0 Å². The highest BCUT2D eigenvalue weighted by Gasteiger charge is 2.05. The Bertz CT molecular complexity index is 690. The molecule has 0 aliphatic heterocycles. The topological polar surface area (TPSA) is 37.8 Å². The minimum atomic E-state index is -0.00320. The van der Waals surface area contributed by atoms with E-state index in [1.54, 1.807) is 4.57 Å². The molecule has 2 aromatic rings. The van der Waals surface area contributed by atoms with Gasteiger partial charge in [0.05, 0.1) is 10.9 Å². The summed E-state index contributed by atoms with van der Waals surface area (Å²) in [6, 6.07) is 5.61. The number of aromatic amines is 1. The lowest BCUT2D eigenvalue weighted by molar-refractivity contribution is 0.562. The second-order valence-electron chi connectivity index (χ2n) is 4.64. The molecule has 19 heavy (non-hydrogen) atoms. The summed E-state index contributed by atoms with van der Waals surface area (Å²) in [5.74, 6) is 0. The zero-order valence-corrected chi connectivity index (χ0v) is 13.3. The van der Waals surface area contributed by atoms with Crippen LogP contribution < -0.4 is 5.56 Å². The maximum absolute atomic E-state index is 12.4. The summed E-state index contributed by atoms with van der Waals surface area (Å²) in [5, 5.41) is 0.679. The summed E-state index contributed by atoms with van der Waals surface area (Å²) in [6.45, 7) is 2.86. The number of H-pyrrole nitrogens is 1. The number of fused-ring (bicyclic) bond motifs is 1. The summed E-state index contributed by atoms with van der Waals surface area (Å²) < 4.78 is 3.08. The third kappa shape index (κ3) is 3.34. The zero-order valence-electron chi connectivity index (χ0n) is 10.9. The summed E-state index contributed by atoms with van der Waals surface area (Å²) in [4.78, 5) is 15.5. The molecule has 0 amide bonds. The quantitative estimate of drug-likeness (QED) is 0.646. The molecule has 1 heterocycles. The molecule has 3 nitrogen and oxygen atoms in total. The van der Waals surface area contributed by atoms with E-state index in [4.69, 9.17) is 12.2 Å².